The lowest BCUT2D eigenvalue weighted by molar-refractivity contribution is 0.699. The van der Waals surface area contributed by atoms with Crippen molar-refractivity contribution in [2.45, 2.75) is 51.4 Å². The second-order valence-corrected chi connectivity index (χ2v) is 14.6. The summed E-state index contributed by atoms with van der Waals surface area (Å²) in [7, 11) is 1.07. The van der Waals surface area contributed by atoms with Gasteiger partial charge in [-0.25, -0.2) is 0 Å². The minimum absolute atomic E-state index is 0.354. The predicted molar refractivity (Wildman–Crippen MR) is 107 cm³/mol. The Balaban J connectivity index is 3.18. The van der Waals surface area contributed by atoms with Crippen molar-refractivity contribution in [3.8, 4) is 0 Å². The Kier molecular flexibility index (Phi) is 16.2. The maximum absolute atomic E-state index is 2.53. The van der Waals surface area contributed by atoms with E-state index < -0.39 is 0 Å². The summed E-state index contributed by atoms with van der Waals surface area (Å²) in [5, 5.41) is 0. The van der Waals surface area contributed by atoms with Crippen LogP contribution < -0.4 is 0 Å². The smallest absolute Gasteiger partial charge is 0.0328 e. The van der Waals surface area contributed by atoms with Crippen LogP contribution in [-0.2, 0) is 0 Å². The highest BCUT2D eigenvalue weighted by Crippen LogP contribution is 2.34. The molecule has 0 rings (SSSR count). The zero-order chi connectivity index (χ0) is 15.2. The highest BCUT2D eigenvalue weighted by atomic mass is 31.1. The highest BCUT2D eigenvalue weighted by molar-refractivity contribution is 7.56. The van der Waals surface area contributed by atoms with E-state index in [9.17, 15) is 0 Å². The highest BCUT2D eigenvalue weighted by Gasteiger charge is 2.02. The molecule has 0 atom stereocenters. The molecule has 0 spiro atoms. The lowest BCUT2D eigenvalue weighted by atomic mass is 10.2. The fourth-order valence-corrected chi connectivity index (χ4v) is 5.90. The minimum Gasteiger partial charge on any atom is -0.113 e. The third-order valence-corrected chi connectivity index (χ3v) is 8.37. The zero-order valence-electron chi connectivity index (χ0n) is 14.8. The molecule has 0 nitrogen and oxygen atoms in total. The van der Waals surface area contributed by atoms with Gasteiger partial charge in [-0.2, -0.15) is 0 Å². The number of hydrogen-bond donors (Lipinski definition) is 0. The fourth-order valence-electron chi connectivity index (χ4n) is 2.44. The van der Waals surface area contributed by atoms with Gasteiger partial charge in [0.25, 0.3) is 0 Å². The Morgan fingerprint density at radius 2 is 0.700 bits per heavy atom. The third kappa shape index (κ3) is 17.3. The molecule has 0 aliphatic carbocycles. The summed E-state index contributed by atoms with van der Waals surface area (Å²) >= 11 is 0. The first-order valence-corrected chi connectivity index (χ1v) is 15.5. The van der Waals surface area contributed by atoms with E-state index in [-0.39, 0.29) is 0 Å². The Morgan fingerprint density at radius 1 is 0.400 bits per heavy atom. The van der Waals surface area contributed by atoms with Crippen LogP contribution >= 0.6 is 23.8 Å². The molecule has 0 aliphatic rings. The lowest BCUT2D eigenvalue weighted by Gasteiger charge is -2.12. The Labute approximate surface area is 133 Å². The number of rotatable bonds is 14. The van der Waals surface area contributed by atoms with Crippen molar-refractivity contribution in [2.75, 3.05) is 58.0 Å². The summed E-state index contributed by atoms with van der Waals surface area (Å²) < 4.78 is 0. The topological polar surface area (TPSA) is 0 Å². The molecule has 0 radical (unpaired) electrons. The van der Waals surface area contributed by atoms with Gasteiger partial charge < -0.3 is 0 Å². The average Bonchev–Trinajstić information content (AvgIpc) is 2.37. The summed E-state index contributed by atoms with van der Waals surface area (Å²) in [6.07, 6.45) is 18.0. The molecule has 0 aromatic rings. The molecule has 0 saturated heterocycles. The molecular weight excluding hydrogens is 297 g/mol. The Morgan fingerprint density at radius 3 is 1.00 bits per heavy atom. The minimum atomic E-state index is 0.354. The van der Waals surface area contributed by atoms with E-state index in [4.69, 9.17) is 0 Å². The normalized spacial score (nSPS) is 12.0. The maximum Gasteiger partial charge on any atom is -0.0328 e. The lowest BCUT2D eigenvalue weighted by Crippen LogP contribution is -1.92. The van der Waals surface area contributed by atoms with E-state index in [0.29, 0.717) is 23.8 Å². The van der Waals surface area contributed by atoms with Gasteiger partial charge in [0.05, 0.1) is 0 Å². The van der Waals surface area contributed by atoms with E-state index in [1.54, 1.807) is 0 Å². The molecule has 0 bridgehead atoms. The molecule has 0 heterocycles. The molecular formula is C17H39P3. The molecule has 0 aromatic carbocycles. The van der Waals surface area contributed by atoms with Crippen LogP contribution in [0.1, 0.15) is 51.4 Å². The monoisotopic (exact) mass is 336 g/mol. The summed E-state index contributed by atoms with van der Waals surface area (Å²) in [5.41, 5.74) is 0. The predicted octanol–water partition coefficient (Wildman–Crippen LogP) is 6.70. The van der Waals surface area contributed by atoms with E-state index in [0.717, 1.165) is 0 Å². The molecule has 20 heavy (non-hydrogen) atoms. The third-order valence-electron chi connectivity index (χ3n) is 3.79. The van der Waals surface area contributed by atoms with Crippen molar-refractivity contribution in [3.05, 3.63) is 0 Å². The summed E-state index contributed by atoms with van der Waals surface area (Å²) in [6, 6.07) is 0. The molecule has 122 valence electrons. The summed E-state index contributed by atoms with van der Waals surface area (Å²) in [6.45, 7) is 12.2. The molecule has 0 fully saturated rings. The van der Waals surface area contributed by atoms with Crippen LogP contribution in [0.4, 0.5) is 0 Å². The van der Waals surface area contributed by atoms with Gasteiger partial charge in [0.1, 0.15) is 0 Å². The van der Waals surface area contributed by atoms with Gasteiger partial charge in [0.15, 0.2) is 0 Å². The molecule has 0 aliphatic heterocycles. The van der Waals surface area contributed by atoms with Crippen LogP contribution in [0.3, 0.4) is 0 Å². The Bertz CT molecular complexity index is 173. The molecule has 0 aromatic heterocycles. The van der Waals surface area contributed by atoms with Gasteiger partial charge >= 0.3 is 0 Å². The van der Waals surface area contributed by atoms with E-state index in [2.05, 4.69) is 33.3 Å². The first-order chi connectivity index (χ1) is 9.52. The summed E-state index contributed by atoms with van der Waals surface area (Å²) in [4.78, 5) is 0. The first-order valence-electron chi connectivity index (χ1n) is 8.50. The second-order valence-electron chi connectivity index (χ2n) is 6.74. The van der Waals surface area contributed by atoms with Crippen molar-refractivity contribution < 1.29 is 0 Å². The quantitative estimate of drug-likeness (QED) is 0.244. The van der Waals surface area contributed by atoms with Gasteiger partial charge in [0.2, 0.25) is 0 Å². The Hall–Kier alpha value is 1.29. The zero-order valence-corrected chi connectivity index (χ0v) is 17.5. The second kappa shape index (κ2) is 15.2. The van der Waals surface area contributed by atoms with E-state index in [1.807, 2.05) is 0 Å². The van der Waals surface area contributed by atoms with Crippen LogP contribution in [0.2, 0.25) is 0 Å². The molecule has 0 unspecified atom stereocenters. The first kappa shape index (κ1) is 21.3. The summed E-state index contributed by atoms with van der Waals surface area (Å²) in [5.74, 6) is 0. The standard InChI is InChI=1S/C17H39P3/c1-18(2)14-10-6-8-12-16-20(5)17-13-9-7-11-15-19(3)4/h6-17H2,1-5H3. The SMILES string of the molecule is CP(C)CCCCCCP(C)CCCCCCP(C)C. The van der Waals surface area contributed by atoms with Crippen LogP contribution in [-0.4, -0.2) is 58.0 Å². The van der Waals surface area contributed by atoms with Crippen LogP contribution in [0.25, 0.3) is 0 Å². The van der Waals surface area contributed by atoms with Crippen LogP contribution in [0, 0.1) is 0 Å². The van der Waals surface area contributed by atoms with Crippen molar-refractivity contribution in [2.24, 2.45) is 0 Å². The maximum atomic E-state index is 2.53. The van der Waals surface area contributed by atoms with Crippen molar-refractivity contribution in [1.29, 1.82) is 0 Å². The van der Waals surface area contributed by atoms with Gasteiger partial charge in [0, 0.05) is 0 Å². The number of hydrogen-bond acceptors (Lipinski definition) is 0. The van der Waals surface area contributed by atoms with Crippen molar-refractivity contribution in [1.82, 2.24) is 0 Å². The molecule has 0 saturated carbocycles. The van der Waals surface area contributed by atoms with Crippen molar-refractivity contribution in [3.63, 3.8) is 0 Å². The number of unbranched alkanes of at least 4 members (excludes halogenated alkanes) is 6. The molecule has 0 N–H and O–H groups in total. The van der Waals surface area contributed by atoms with Crippen LogP contribution in [0.15, 0.2) is 0 Å². The van der Waals surface area contributed by atoms with Gasteiger partial charge in [-0.1, -0.05) is 25.7 Å². The van der Waals surface area contributed by atoms with Gasteiger partial charge in [-0.05, 0) is 83.7 Å². The van der Waals surface area contributed by atoms with Gasteiger partial charge in [-0.3, -0.25) is 0 Å². The van der Waals surface area contributed by atoms with E-state index in [1.165, 1.54) is 76.0 Å². The largest absolute Gasteiger partial charge is 0.113 e. The van der Waals surface area contributed by atoms with Gasteiger partial charge in [-0.15, -0.1) is 23.8 Å². The van der Waals surface area contributed by atoms with E-state index >= 15 is 0 Å². The van der Waals surface area contributed by atoms with Crippen molar-refractivity contribution >= 4 is 23.8 Å². The average molecular weight is 336 g/mol. The van der Waals surface area contributed by atoms with Crippen LogP contribution in [0.5, 0.6) is 0 Å². The molecule has 0 amide bonds. The molecule has 3 heteroatoms. The fraction of sp³-hybridized carbons (Fsp3) is 1.00.